The molecule has 0 aliphatic carbocycles. The lowest BCUT2D eigenvalue weighted by Gasteiger charge is -2.07. The Morgan fingerprint density at radius 3 is 2.09 bits per heavy atom. The topological polar surface area (TPSA) is 86.2 Å². The summed E-state index contributed by atoms with van der Waals surface area (Å²) in [6.45, 7) is 6.74. The van der Waals surface area contributed by atoms with Crippen LogP contribution in [0.5, 0.6) is 17.2 Å². The Hall–Kier alpha value is -4.39. The molecule has 0 bridgehead atoms. The molecular formula is C28H28N2O5. The second-order valence-electron chi connectivity index (χ2n) is 7.51. The van der Waals surface area contributed by atoms with Crippen LogP contribution in [0.3, 0.4) is 0 Å². The number of hydrazone groups is 1. The van der Waals surface area contributed by atoms with E-state index in [1.54, 1.807) is 78.9 Å². The second kappa shape index (κ2) is 13.3. The largest absolute Gasteiger partial charge is 0.494 e. The number of carbonyl (C=O) groups is 2. The van der Waals surface area contributed by atoms with Crippen molar-refractivity contribution in [3.05, 3.63) is 102 Å². The molecule has 0 unspecified atom stereocenters. The summed E-state index contributed by atoms with van der Waals surface area (Å²) in [7, 11) is 0. The van der Waals surface area contributed by atoms with E-state index in [0.29, 0.717) is 35.8 Å². The van der Waals surface area contributed by atoms with Gasteiger partial charge in [0.1, 0.15) is 23.9 Å². The van der Waals surface area contributed by atoms with Crippen molar-refractivity contribution in [1.29, 1.82) is 0 Å². The molecule has 0 heterocycles. The average Bonchev–Trinajstić information content (AvgIpc) is 2.89. The Balaban J connectivity index is 1.48. The molecule has 3 aromatic carbocycles. The van der Waals surface area contributed by atoms with Gasteiger partial charge in [0.15, 0.2) is 0 Å². The SMILES string of the molecule is C=CCOc1ccc(C(=O)N/N=C\c2ccc(OC(=O)c3ccc(OCCCC)cc3)cc2)cc1. The van der Waals surface area contributed by atoms with Gasteiger partial charge in [-0.3, -0.25) is 4.79 Å². The van der Waals surface area contributed by atoms with Crippen LogP contribution in [-0.4, -0.2) is 31.3 Å². The van der Waals surface area contributed by atoms with Gasteiger partial charge >= 0.3 is 5.97 Å². The number of nitrogens with zero attached hydrogens (tertiary/aromatic N) is 1. The van der Waals surface area contributed by atoms with E-state index < -0.39 is 5.97 Å². The number of carbonyl (C=O) groups excluding carboxylic acids is 2. The Bertz CT molecular complexity index is 1140. The lowest BCUT2D eigenvalue weighted by molar-refractivity contribution is 0.0734. The molecule has 3 rings (SSSR count). The highest BCUT2D eigenvalue weighted by Crippen LogP contribution is 2.17. The predicted molar refractivity (Wildman–Crippen MR) is 135 cm³/mol. The molecule has 0 atom stereocenters. The number of hydrogen-bond acceptors (Lipinski definition) is 6. The molecule has 1 N–H and O–H groups in total. The van der Waals surface area contributed by atoms with Crippen molar-refractivity contribution in [2.75, 3.05) is 13.2 Å². The van der Waals surface area contributed by atoms with Crippen LogP contribution in [-0.2, 0) is 0 Å². The summed E-state index contributed by atoms with van der Waals surface area (Å²) >= 11 is 0. The summed E-state index contributed by atoms with van der Waals surface area (Å²) < 4.78 is 16.4. The number of rotatable bonds is 12. The monoisotopic (exact) mass is 472 g/mol. The van der Waals surface area contributed by atoms with Crippen LogP contribution >= 0.6 is 0 Å². The first-order chi connectivity index (χ1) is 17.1. The van der Waals surface area contributed by atoms with E-state index in [9.17, 15) is 9.59 Å². The molecule has 180 valence electrons. The van der Waals surface area contributed by atoms with E-state index in [1.807, 2.05) is 0 Å². The number of ether oxygens (including phenoxy) is 3. The molecule has 7 nitrogen and oxygen atoms in total. The molecule has 0 aliphatic heterocycles. The quantitative estimate of drug-likeness (QED) is 0.0951. The van der Waals surface area contributed by atoms with Crippen molar-refractivity contribution >= 4 is 18.1 Å². The minimum absolute atomic E-state index is 0.344. The molecule has 35 heavy (non-hydrogen) atoms. The van der Waals surface area contributed by atoms with Crippen molar-refractivity contribution in [3.63, 3.8) is 0 Å². The van der Waals surface area contributed by atoms with Crippen molar-refractivity contribution in [2.45, 2.75) is 19.8 Å². The molecule has 0 saturated carbocycles. The van der Waals surface area contributed by atoms with Crippen LogP contribution < -0.4 is 19.6 Å². The smallest absolute Gasteiger partial charge is 0.343 e. The average molecular weight is 473 g/mol. The minimum atomic E-state index is -0.459. The first-order valence-electron chi connectivity index (χ1n) is 11.3. The number of nitrogens with one attached hydrogen (secondary N) is 1. The van der Waals surface area contributed by atoms with Crippen molar-refractivity contribution < 1.29 is 23.8 Å². The van der Waals surface area contributed by atoms with Crippen molar-refractivity contribution in [1.82, 2.24) is 5.43 Å². The van der Waals surface area contributed by atoms with Crippen LogP contribution in [0.25, 0.3) is 0 Å². The van der Waals surface area contributed by atoms with Crippen LogP contribution in [0.15, 0.2) is 90.6 Å². The van der Waals surface area contributed by atoms with Gasteiger partial charge in [-0.1, -0.05) is 26.0 Å². The molecule has 0 aliphatic rings. The fourth-order valence-corrected chi connectivity index (χ4v) is 2.90. The summed E-state index contributed by atoms with van der Waals surface area (Å²) in [5.41, 5.74) is 4.09. The number of amides is 1. The first kappa shape index (κ1) is 25.2. The highest BCUT2D eigenvalue weighted by molar-refractivity contribution is 5.95. The van der Waals surface area contributed by atoms with Gasteiger partial charge in [-0.25, -0.2) is 10.2 Å². The Morgan fingerprint density at radius 1 is 0.857 bits per heavy atom. The van der Waals surface area contributed by atoms with E-state index in [-0.39, 0.29) is 5.91 Å². The highest BCUT2D eigenvalue weighted by Gasteiger charge is 2.09. The molecule has 0 aromatic heterocycles. The van der Waals surface area contributed by atoms with E-state index in [4.69, 9.17) is 14.2 Å². The molecule has 7 heteroatoms. The van der Waals surface area contributed by atoms with Crippen LogP contribution in [0.2, 0.25) is 0 Å². The maximum Gasteiger partial charge on any atom is 0.343 e. The Labute approximate surface area is 205 Å². The van der Waals surface area contributed by atoms with Gasteiger partial charge in [0.25, 0.3) is 5.91 Å². The lowest BCUT2D eigenvalue weighted by atomic mass is 10.2. The Morgan fingerprint density at radius 2 is 1.46 bits per heavy atom. The number of unbranched alkanes of at least 4 members (excludes halogenated alkanes) is 1. The van der Waals surface area contributed by atoms with Crippen LogP contribution in [0.4, 0.5) is 0 Å². The van der Waals surface area contributed by atoms with Gasteiger partial charge < -0.3 is 14.2 Å². The summed E-state index contributed by atoms with van der Waals surface area (Å²) in [6.07, 6.45) is 5.19. The molecule has 1 amide bonds. The fourth-order valence-electron chi connectivity index (χ4n) is 2.90. The first-order valence-corrected chi connectivity index (χ1v) is 11.3. The minimum Gasteiger partial charge on any atom is -0.494 e. The zero-order chi connectivity index (χ0) is 24.9. The number of hydrogen-bond donors (Lipinski definition) is 1. The van der Waals surface area contributed by atoms with E-state index in [2.05, 4.69) is 24.0 Å². The molecule has 0 spiro atoms. The summed E-state index contributed by atoms with van der Waals surface area (Å²) in [5.74, 6) is 0.973. The highest BCUT2D eigenvalue weighted by atomic mass is 16.5. The van der Waals surface area contributed by atoms with Gasteiger partial charge in [0.2, 0.25) is 0 Å². The van der Waals surface area contributed by atoms with E-state index >= 15 is 0 Å². The van der Waals surface area contributed by atoms with E-state index in [1.165, 1.54) is 6.21 Å². The molecule has 0 saturated heterocycles. The maximum absolute atomic E-state index is 12.4. The molecule has 3 aromatic rings. The Kier molecular flexibility index (Phi) is 9.63. The zero-order valence-electron chi connectivity index (χ0n) is 19.6. The van der Waals surface area contributed by atoms with Gasteiger partial charge in [0, 0.05) is 5.56 Å². The number of benzene rings is 3. The third-order valence-corrected chi connectivity index (χ3v) is 4.81. The molecule has 0 radical (unpaired) electrons. The summed E-state index contributed by atoms with van der Waals surface area (Å²) in [4.78, 5) is 24.6. The summed E-state index contributed by atoms with van der Waals surface area (Å²) in [5, 5.41) is 3.97. The van der Waals surface area contributed by atoms with Gasteiger partial charge in [0.05, 0.1) is 18.4 Å². The van der Waals surface area contributed by atoms with Crippen LogP contribution in [0, 0.1) is 0 Å². The normalized spacial score (nSPS) is 10.5. The molecular weight excluding hydrogens is 444 g/mol. The predicted octanol–water partition coefficient (Wildman–Crippen LogP) is 5.41. The summed E-state index contributed by atoms with van der Waals surface area (Å²) in [6, 6.07) is 20.4. The van der Waals surface area contributed by atoms with Gasteiger partial charge in [-0.2, -0.15) is 5.10 Å². The third kappa shape index (κ3) is 8.16. The maximum atomic E-state index is 12.4. The van der Waals surface area contributed by atoms with Gasteiger partial charge in [-0.05, 0) is 84.8 Å². The fraction of sp³-hybridized carbons (Fsp3) is 0.179. The zero-order valence-corrected chi connectivity index (χ0v) is 19.6. The number of esters is 1. The van der Waals surface area contributed by atoms with E-state index in [0.717, 1.165) is 24.2 Å². The van der Waals surface area contributed by atoms with Crippen LogP contribution in [0.1, 0.15) is 46.0 Å². The standard InChI is InChI=1S/C28H28N2O5/c1-3-5-19-34-25-16-10-23(11-17-25)28(32)35-26-12-6-21(7-13-26)20-29-30-27(31)22-8-14-24(15-9-22)33-18-4-2/h4,6-17,20H,2-3,5,18-19H2,1H3,(H,30,31)/b29-20-. The van der Waals surface area contributed by atoms with Crippen molar-refractivity contribution in [2.24, 2.45) is 5.10 Å². The van der Waals surface area contributed by atoms with Crippen molar-refractivity contribution in [3.8, 4) is 17.2 Å². The lowest BCUT2D eigenvalue weighted by Crippen LogP contribution is -2.17. The molecule has 0 fully saturated rings. The third-order valence-electron chi connectivity index (χ3n) is 4.81. The van der Waals surface area contributed by atoms with Gasteiger partial charge in [-0.15, -0.1) is 0 Å². The second-order valence-corrected chi connectivity index (χ2v) is 7.51.